The molecule has 1 rings (SSSR count). The second-order valence-corrected chi connectivity index (χ2v) is 3.68. The van der Waals surface area contributed by atoms with Crippen LogP contribution < -0.4 is 5.32 Å². The summed E-state index contributed by atoms with van der Waals surface area (Å²) in [6.07, 6.45) is -0.853. The van der Waals surface area contributed by atoms with Crippen molar-refractivity contribution >= 4 is 11.9 Å². The predicted octanol–water partition coefficient (Wildman–Crippen LogP) is -1.03. The summed E-state index contributed by atoms with van der Waals surface area (Å²) >= 11 is 0. The fourth-order valence-electron chi connectivity index (χ4n) is 1.43. The number of carboxylic acids is 1. The molecular weight excluding hydrogens is 202 g/mol. The maximum atomic E-state index is 11.4. The number of aliphatic hydroxyl groups is 1. The SMILES string of the molecule is CC1CC(C(=O)NCC(O)C(=O)O)CO1. The van der Waals surface area contributed by atoms with Crippen molar-refractivity contribution in [2.24, 2.45) is 5.92 Å². The van der Waals surface area contributed by atoms with Crippen LogP contribution >= 0.6 is 0 Å². The molecule has 1 fully saturated rings. The molecule has 1 aliphatic rings. The van der Waals surface area contributed by atoms with E-state index in [0.29, 0.717) is 13.0 Å². The van der Waals surface area contributed by atoms with Crippen molar-refractivity contribution in [3.05, 3.63) is 0 Å². The minimum absolute atomic E-state index is 0.0603. The van der Waals surface area contributed by atoms with Crippen LogP contribution in [0.15, 0.2) is 0 Å². The summed E-state index contributed by atoms with van der Waals surface area (Å²) in [5, 5.41) is 19.7. The van der Waals surface area contributed by atoms with E-state index in [1.54, 1.807) is 0 Å². The zero-order chi connectivity index (χ0) is 11.4. The highest BCUT2D eigenvalue weighted by atomic mass is 16.5. The van der Waals surface area contributed by atoms with Gasteiger partial charge in [0.05, 0.1) is 25.2 Å². The molecule has 15 heavy (non-hydrogen) atoms. The average Bonchev–Trinajstić information content (AvgIpc) is 2.60. The second-order valence-electron chi connectivity index (χ2n) is 3.68. The third-order valence-electron chi connectivity index (χ3n) is 2.32. The number of aliphatic hydroxyl groups excluding tert-OH is 1. The Morgan fingerprint density at radius 1 is 1.60 bits per heavy atom. The highest BCUT2D eigenvalue weighted by Gasteiger charge is 2.28. The van der Waals surface area contributed by atoms with Gasteiger partial charge in [0.2, 0.25) is 5.91 Å². The minimum atomic E-state index is -1.55. The first-order chi connectivity index (χ1) is 7.00. The Kier molecular flexibility index (Phi) is 4.05. The second kappa shape index (κ2) is 5.09. The summed E-state index contributed by atoms with van der Waals surface area (Å²) in [4.78, 5) is 21.7. The number of ether oxygens (including phenoxy) is 1. The van der Waals surface area contributed by atoms with E-state index in [-0.39, 0.29) is 24.5 Å². The molecule has 0 spiro atoms. The van der Waals surface area contributed by atoms with E-state index >= 15 is 0 Å². The van der Waals surface area contributed by atoms with Gasteiger partial charge in [-0.05, 0) is 13.3 Å². The fourth-order valence-corrected chi connectivity index (χ4v) is 1.43. The average molecular weight is 217 g/mol. The number of carbonyl (C=O) groups excluding carboxylic acids is 1. The normalized spacial score (nSPS) is 27.3. The number of carboxylic acid groups (broad SMARTS) is 1. The molecule has 6 nitrogen and oxygen atoms in total. The van der Waals surface area contributed by atoms with E-state index in [0.717, 1.165) is 0 Å². The summed E-state index contributed by atoms with van der Waals surface area (Å²) in [5.41, 5.74) is 0. The van der Waals surface area contributed by atoms with E-state index in [1.807, 2.05) is 6.92 Å². The smallest absolute Gasteiger partial charge is 0.334 e. The first-order valence-corrected chi connectivity index (χ1v) is 4.81. The molecule has 0 radical (unpaired) electrons. The summed E-state index contributed by atoms with van der Waals surface area (Å²) in [6.45, 7) is 1.97. The van der Waals surface area contributed by atoms with Gasteiger partial charge in [0.1, 0.15) is 0 Å². The quantitative estimate of drug-likeness (QED) is 0.559. The van der Waals surface area contributed by atoms with E-state index in [1.165, 1.54) is 0 Å². The molecule has 3 atom stereocenters. The molecule has 1 saturated heterocycles. The predicted molar refractivity (Wildman–Crippen MR) is 50.2 cm³/mol. The Morgan fingerprint density at radius 3 is 2.73 bits per heavy atom. The highest BCUT2D eigenvalue weighted by Crippen LogP contribution is 2.18. The minimum Gasteiger partial charge on any atom is -0.479 e. The zero-order valence-corrected chi connectivity index (χ0v) is 8.47. The molecule has 0 aliphatic carbocycles. The van der Waals surface area contributed by atoms with Gasteiger partial charge in [-0.2, -0.15) is 0 Å². The van der Waals surface area contributed by atoms with Gasteiger partial charge in [0.15, 0.2) is 6.10 Å². The lowest BCUT2D eigenvalue weighted by molar-refractivity contribution is -0.146. The van der Waals surface area contributed by atoms with Gasteiger partial charge in [-0.25, -0.2) is 4.79 Å². The zero-order valence-electron chi connectivity index (χ0n) is 8.47. The van der Waals surface area contributed by atoms with Crippen LogP contribution in [-0.4, -0.2) is 47.4 Å². The molecule has 0 saturated carbocycles. The Hall–Kier alpha value is -1.14. The number of rotatable bonds is 4. The lowest BCUT2D eigenvalue weighted by Crippen LogP contribution is -2.39. The summed E-state index contributed by atoms with van der Waals surface area (Å²) < 4.78 is 5.20. The molecule has 1 heterocycles. The monoisotopic (exact) mass is 217 g/mol. The van der Waals surface area contributed by atoms with Crippen LogP contribution in [0.3, 0.4) is 0 Å². The fraction of sp³-hybridized carbons (Fsp3) is 0.778. The van der Waals surface area contributed by atoms with Crippen molar-refractivity contribution in [2.45, 2.75) is 25.6 Å². The van der Waals surface area contributed by atoms with E-state index < -0.39 is 12.1 Å². The van der Waals surface area contributed by atoms with Crippen molar-refractivity contribution in [1.29, 1.82) is 0 Å². The Bertz CT molecular complexity index is 255. The van der Waals surface area contributed by atoms with Crippen LogP contribution in [-0.2, 0) is 14.3 Å². The van der Waals surface area contributed by atoms with Gasteiger partial charge in [-0.3, -0.25) is 4.79 Å². The Labute approximate surface area is 87.2 Å². The van der Waals surface area contributed by atoms with Gasteiger partial charge in [0, 0.05) is 0 Å². The van der Waals surface area contributed by atoms with E-state index in [2.05, 4.69) is 5.32 Å². The summed E-state index contributed by atoms with van der Waals surface area (Å²) in [6, 6.07) is 0. The number of amides is 1. The molecule has 3 unspecified atom stereocenters. The van der Waals surface area contributed by atoms with Crippen LogP contribution in [0.25, 0.3) is 0 Å². The maximum absolute atomic E-state index is 11.4. The van der Waals surface area contributed by atoms with Crippen molar-refractivity contribution < 1.29 is 24.5 Å². The highest BCUT2D eigenvalue weighted by molar-refractivity contribution is 5.80. The van der Waals surface area contributed by atoms with Gasteiger partial charge >= 0.3 is 5.97 Å². The third kappa shape index (κ3) is 3.49. The first-order valence-electron chi connectivity index (χ1n) is 4.81. The maximum Gasteiger partial charge on any atom is 0.334 e. The van der Waals surface area contributed by atoms with Crippen LogP contribution in [0.1, 0.15) is 13.3 Å². The molecule has 6 heteroatoms. The lowest BCUT2D eigenvalue weighted by Gasteiger charge is -2.10. The standard InChI is InChI=1S/C9H15NO5/c1-5-2-6(4-15-5)8(12)10-3-7(11)9(13)14/h5-7,11H,2-4H2,1H3,(H,10,12)(H,13,14). The van der Waals surface area contributed by atoms with Crippen molar-refractivity contribution in [3.8, 4) is 0 Å². The molecule has 1 aliphatic heterocycles. The topological polar surface area (TPSA) is 95.9 Å². The van der Waals surface area contributed by atoms with E-state index in [9.17, 15) is 9.59 Å². The van der Waals surface area contributed by atoms with Crippen LogP contribution in [0.4, 0.5) is 0 Å². The summed E-state index contributed by atoms with van der Waals surface area (Å²) in [5.74, 6) is -1.84. The largest absolute Gasteiger partial charge is 0.479 e. The van der Waals surface area contributed by atoms with Crippen LogP contribution in [0.5, 0.6) is 0 Å². The van der Waals surface area contributed by atoms with Crippen molar-refractivity contribution in [1.82, 2.24) is 5.32 Å². The molecule has 0 aromatic carbocycles. The molecule has 0 bridgehead atoms. The number of hydrogen-bond acceptors (Lipinski definition) is 4. The molecule has 3 N–H and O–H groups in total. The van der Waals surface area contributed by atoms with Gasteiger partial charge in [0.25, 0.3) is 0 Å². The lowest BCUT2D eigenvalue weighted by atomic mass is 10.1. The number of carbonyl (C=O) groups is 2. The van der Waals surface area contributed by atoms with Crippen LogP contribution in [0, 0.1) is 5.92 Å². The van der Waals surface area contributed by atoms with Crippen LogP contribution in [0.2, 0.25) is 0 Å². The number of aliphatic carboxylic acids is 1. The van der Waals surface area contributed by atoms with Crippen molar-refractivity contribution in [2.75, 3.05) is 13.2 Å². The number of hydrogen-bond donors (Lipinski definition) is 3. The van der Waals surface area contributed by atoms with Gasteiger partial charge in [-0.15, -0.1) is 0 Å². The molecule has 0 aromatic rings. The molecular formula is C9H15NO5. The van der Waals surface area contributed by atoms with Crippen molar-refractivity contribution in [3.63, 3.8) is 0 Å². The molecule has 1 amide bonds. The molecule has 86 valence electrons. The Balaban J connectivity index is 2.27. The van der Waals surface area contributed by atoms with Gasteiger partial charge < -0.3 is 20.3 Å². The molecule has 0 aromatic heterocycles. The van der Waals surface area contributed by atoms with E-state index in [4.69, 9.17) is 14.9 Å². The number of nitrogens with one attached hydrogen (secondary N) is 1. The summed E-state index contributed by atoms with van der Waals surface area (Å²) in [7, 11) is 0. The third-order valence-corrected chi connectivity index (χ3v) is 2.32. The Morgan fingerprint density at radius 2 is 2.27 bits per heavy atom. The first kappa shape index (κ1) is 11.9. The van der Waals surface area contributed by atoms with Gasteiger partial charge in [-0.1, -0.05) is 0 Å².